The summed E-state index contributed by atoms with van der Waals surface area (Å²) in [4.78, 5) is 39.4. The lowest BCUT2D eigenvalue weighted by molar-refractivity contribution is -0.134. The average molecular weight is 400 g/mol. The predicted molar refractivity (Wildman–Crippen MR) is 107 cm³/mol. The Bertz CT molecular complexity index is 855. The first-order valence-electron chi connectivity index (χ1n) is 9.40. The van der Waals surface area contributed by atoms with Crippen molar-refractivity contribution in [1.82, 2.24) is 4.90 Å². The summed E-state index contributed by atoms with van der Waals surface area (Å²) in [5.41, 5.74) is 0.799. The van der Waals surface area contributed by atoms with Gasteiger partial charge in [-0.3, -0.25) is 9.59 Å². The van der Waals surface area contributed by atoms with Crippen molar-refractivity contribution >= 4 is 29.3 Å². The van der Waals surface area contributed by atoms with E-state index in [4.69, 9.17) is 16.3 Å². The van der Waals surface area contributed by atoms with Gasteiger partial charge in [0.25, 0.3) is 5.91 Å². The van der Waals surface area contributed by atoms with Crippen molar-refractivity contribution in [3.63, 3.8) is 0 Å². The van der Waals surface area contributed by atoms with E-state index in [-0.39, 0.29) is 29.4 Å². The number of likely N-dealkylation sites (tertiary alicyclic amines) is 1. The van der Waals surface area contributed by atoms with E-state index in [1.165, 1.54) is 6.07 Å². The molecule has 6 heteroatoms. The Kier molecular flexibility index (Phi) is 6.82. The summed E-state index contributed by atoms with van der Waals surface area (Å²) in [6.07, 6.45) is 4.17. The van der Waals surface area contributed by atoms with Crippen molar-refractivity contribution in [1.29, 1.82) is 0 Å². The zero-order valence-corrected chi connectivity index (χ0v) is 16.3. The molecule has 0 radical (unpaired) electrons. The Morgan fingerprint density at radius 3 is 2.11 bits per heavy atom. The van der Waals surface area contributed by atoms with Crippen LogP contribution in [0.4, 0.5) is 0 Å². The van der Waals surface area contributed by atoms with Crippen LogP contribution in [0.25, 0.3) is 0 Å². The molecular formula is C22H22ClNO4. The maximum Gasteiger partial charge on any atom is 0.339 e. The third kappa shape index (κ3) is 4.98. The molecule has 0 N–H and O–H groups in total. The van der Waals surface area contributed by atoms with Crippen LogP contribution in [0.1, 0.15) is 52.0 Å². The second kappa shape index (κ2) is 9.51. The van der Waals surface area contributed by atoms with Gasteiger partial charge in [0.1, 0.15) is 0 Å². The van der Waals surface area contributed by atoms with Gasteiger partial charge in [0.2, 0.25) is 0 Å². The molecule has 1 fully saturated rings. The molecule has 1 heterocycles. The topological polar surface area (TPSA) is 63.7 Å². The summed E-state index contributed by atoms with van der Waals surface area (Å²) < 4.78 is 5.23. The van der Waals surface area contributed by atoms with Crippen molar-refractivity contribution in [3.05, 3.63) is 70.2 Å². The monoisotopic (exact) mass is 399 g/mol. The van der Waals surface area contributed by atoms with E-state index in [0.29, 0.717) is 23.7 Å². The van der Waals surface area contributed by atoms with Crippen molar-refractivity contribution < 1.29 is 19.1 Å². The Balaban J connectivity index is 1.69. The van der Waals surface area contributed by atoms with Crippen molar-refractivity contribution in [2.75, 3.05) is 19.7 Å². The highest BCUT2D eigenvalue weighted by Gasteiger charge is 2.21. The summed E-state index contributed by atoms with van der Waals surface area (Å²) in [5.74, 6) is -1.18. The van der Waals surface area contributed by atoms with E-state index >= 15 is 0 Å². The number of rotatable bonds is 5. The number of carbonyl (C=O) groups is 3. The van der Waals surface area contributed by atoms with Crippen LogP contribution in [0, 0.1) is 0 Å². The maximum atomic E-state index is 12.8. The predicted octanol–water partition coefficient (Wildman–Crippen LogP) is 4.13. The quantitative estimate of drug-likeness (QED) is 0.560. The van der Waals surface area contributed by atoms with Gasteiger partial charge in [0, 0.05) is 29.2 Å². The van der Waals surface area contributed by atoms with Gasteiger partial charge in [-0.25, -0.2) is 4.79 Å². The van der Waals surface area contributed by atoms with Gasteiger partial charge in [0.15, 0.2) is 12.4 Å². The molecule has 1 amide bonds. The van der Waals surface area contributed by atoms with Crippen LogP contribution < -0.4 is 0 Å². The van der Waals surface area contributed by atoms with Crippen molar-refractivity contribution in [2.24, 2.45) is 0 Å². The first kappa shape index (κ1) is 20.1. The number of ether oxygens (including phenoxy) is 1. The highest BCUT2D eigenvalue weighted by molar-refractivity contribution is 6.30. The minimum Gasteiger partial charge on any atom is -0.452 e. The van der Waals surface area contributed by atoms with E-state index < -0.39 is 5.97 Å². The van der Waals surface area contributed by atoms with Gasteiger partial charge in [-0.15, -0.1) is 0 Å². The number of hydrogen-bond donors (Lipinski definition) is 0. The number of benzene rings is 2. The van der Waals surface area contributed by atoms with E-state index in [1.807, 2.05) is 0 Å². The van der Waals surface area contributed by atoms with Crippen LogP contribution in [-0.2, 0) is 9.53 Å². The molecule has 0 saturated carbocycles. The largest absolute Gasteiger partial charge is 0.452 e. The molecule has 0 spiro atoms. The summed E-state index contributed by atoms with van der Waals surface area (Å²) in [6.45, 7) is 1.08. The van der Waals surface area contributed by atoms with Crippen molar-refractivity contribution in [2.45, 2.75) is 25.7 Å². The molecule has 0 aliphatic carbocycles. The first-order chi connectivity index (χ1) is 13.6. The minimum atomic E-state index is -0.680. The molecule has 1 aliphatic heterocycles. The van der Waals surface area contributed by atoms with Gasteiger partial charge >= 0.3 is 5.97 Å². The van der Waals surface area contributed by atoms with Gasteiger partial charge in [-0.2, -0.15) is 0 Å². The number of ketones is 1. The Labute approximate surface area is 169 Å². The third-order valence-corrected chi connectivity index (χ3v) is 5.04. The first-order valence-corrected chi connectivity index (χ1v) is 9.78. The van der Waals surface area contributed by atoms with E-state index in [2.05, 4.69) is 0 Å². The highest BCUT2D eigenvalue weighted by atomic mass is 35.5. The van der Waals surface area contributed by atoms with E-state index in [9.17, 15) is 14.4 Å². The normalized spacial score (nSPS) is 14.2. The third-order valence-electron chi connectivity index (χ3n) is 4.78. The molecule has 1 aliphatic rings. The number of carbonyl (C=O) groups excluding carboxylic acids is 3. The van der Waals surface area contributed by atoms with Crippen LogP contribution in [0.5, 0.6) is 0 Å². The molecule has 1 saturated heterocycles. The standard InChI is InChI=1S/C22H22ClNO4/c23-17-11-9-16(10-12-17)21(26)18-7-3-4-8-19(18)22(27)28-15-20(25)24-13-5-1-2-6-14-24/h3-4,7-12H,1-2,5-6,13-15H2. The van der Waals surface area contributed by atoms with E-state index in [0.717, 1.165) is 25.7 Å². The Hall–Kier alpha value is -2.66. The van der Waals surface area contributed by atoms with Gasteiger partial charge in [-0.1, -0.05) is 42.6 Å². The fourth-order valence-corrected chi connectivity index (χ4v) is 3.36. The molecule has 28 heavy (non-hydrogen) atoms. The fourth-order valence-electron chi connectivity index (χ4n) is 3.23. The molecule has 0 atom stereocenters. The fraction of sp³-hybridized carbons (Fsp3) is 0.318. The summed E-state index contributed by atoms with van der Waals surface area (Å²) >= 11 is 5.87. The number of halogens is 1. The summed E-state index contributed by atoms with van der Waals surface area (Å²) in [7, 11) is 0. The molecule has 0 bridgehead atoms. The van der Waals surface area contributed by atoms with Gasteiger partial charge < -0.3 is 9.64 Å². The average Bonchev–Trinajstić information content (AvgIpc) is 3.01. The SMILES string of the molecule is O=C(OCC(=O)N1CCCCCC1)c1ccccc1C(=O)c1ccc(Cl)cc1. The Morgan fingerprint density at radius 2 is 1.46 bits per heavy atom. The number of hydrogen-bond acceptors (Lipinski definition) is 4. The number of amides is 1. The lowest BCUT2D eigenvalue weighted by atomic mass is 9.98. The van der Waals surface area contributed by atoms with Crippen LogP contribution >= 0.6 is 11.6 Å². The molecule has 146 valence electrons. The van der Waals surface area contributed by atoms with E-state index in [1.54, 1.807) is 47.4 Å². The highest BCUT2D eigenvalue weighted by Crippen LogP contribution is 2.18. The molecule has 5 nitrogen and oxygen atoms in total. The molecule has 0 aromatic heterocycles. The van der Waals surface area contributed by atoms with Gasteiger partial charge in [0.05, 0.1) is 5.56 Å². The molecule has 2 aromatic carbocycles. The second-order valence-corrected chi connectivity index (χ2v) is 7.19. The van der Waals surface area contributed by atoms with Crippen LogP contribution in [0.2, 0.25) is 5.02 Å². The molecule has 3 rings (SSSR count). The minimum absolute atomic E-state index is 0.145. The van der Waals surface area contributed by atoms with Crippen LogP contribution in [-0.4, -0.2) is 42.3 Å². The smallest absolute Gasteiger partial charge is 0.339 e. The zero-order valence-electron chi connectivity index (χ0n) is 15.5. The van der Waals surface area contributed by atoms with Crippen molar-refractivity contribution in [3.8, 4) is 0 Å². The number of esters is 1. The Morgan fingerprint density at radius 1 is 0.857 bits per heavy atom. The molecule has 0 unspecified atom stereocenters. The molecule has 2 aromatic rings. The lowest BCUT2D eigenvalue weighted by Crippen LogP contribution is -2.35. The van der Waals surface area contributed by atoms with Crippen LogP contribution in [0.3, 0.4) is 0 Å². The zero-order chi connectivity index (χ0) is 19.9. The van der Waals surface area contributed by atoms with Crippen LogP contribution in [0.15, 0.2) is 48.5 Å². The summed E-state index contributed by atoms with van der Waals surface area (Å²) in [5, 5.41) is 0.524. The number of nitrogens with zero attached hydrogens (tertiary/aromatic N) is 1. The second-order valence-electron chi connectivity index (χ2n) is 6.75. The molecular weight excluding hydrogens is 378 g/mol. The lowest BCUT2D eigenvalue weighted by Gasteiger charge is -2.20. The maximum absolute atomic E-state index is 12.8. The van der Waals surface area contributed by atoms with Gasteiger partial charge in [-0.05, 0) is 43.2 Å². The summed E-state index contributed by atoms with van der Waals surface area (Å²) in [6, 6.07) is 12.9.